The van der Waals surface area contributed by atoms with Crippen LogP contribution in [0.4, 0.5) is 4.39 Å². The number of benzene rings is 2. The third-order valence-electron chi connectivity index (χ3n) is 4.21. The molecule has 1 fully saturated rings. The van der Waals surface area contributed by atoms with E-state index in [1.54, 1.807) is 0 Å². The van der Waals surface area contributed by atoms with Gasteiger partial charge in [0.25, 0.3) is 5.91 Å². The highest BCUT2D eigenvalue weighted by molar-refractivity contribution is 5.98. The lowest BCUT2D eigenvalue weighted by atomic mass is 10.1. The number of nitrogens with zero attached hydrogens (tertiary/aromatic N) is 1. The average Bonchev–Trinajstić information content (AvgIpc) is 3.05. The zero-order valence-electron chi connectivity index (χ0n) is 13.8. The van der Waals surface area contributed by atoms with Crippen LogP contribution < -0.4 is 10.1 Å². The summed E-state index contributed by atoms with van der Waals surface area (Å²) in [6.07, 6.45) is 0.121. The number of ether oxygens (including phenoxy) is 1. The van der Waals surface area contributed by atoms with Gasteiger partial charge in [0.1, 0.15) is 23.7 Å². The van der Waals surface area contributed by atoms with E-state index in [1.807, 2.05) is 30.3 Å². The first-order valence-corrected chi connectivity index (χ1v) is 8.08. The number of likely N-dealkylation sites (tertiary alicyclic amines) is 1. The molecule has 2 aromatic rings. The van der Waals surface area contributed by atoms with Crippen LogP contribution in [-0.4, -0.2) is 42.5 Å². The van der Waals surface area contributed by atoms with Gasteiger partial charge in [0, 0.05) is 19.0 Å². The Balaban J connectivity index is 1.79. The highest BCUT2D eigenvalue weighted by atomic mass is 19.1. The first-order chi connectivity index (χ1) is 12.1. The van der Waals surface area contributed by atoms with Crippen LogP contribution >= 0.6 is 0 Å². The molecule has 1 aliphatic heterocycles. The Kier molecular flexibility index (Phi) is 4.97. The second kappa shape index (κ2) is 7.34. The van der Waals surface area contributed by atoms with E-state index in [2.05, 4.69) is 5.32 Å². The fourth-order valence-electron chi connectivity index (χ4n) is 2.97. The van der Waals surface area contributed by atoms with Crippen LogP contribution in [-0.2, 0) is 4.79 Å². The number of hydrogen-bond acceptors (Lipinski definition) is 3. The summed E-state index contributed by atoms with van der Waals surface area (Å²) in [6, 6.07) is 14.0. The first-order valence-electron chi connectivity index (χ1n) is 8.08. The molecule has 5 nitrogen and oxygen atoms in total. The van der Waals surface area contributed by atoms with E-state index in [-0.39, 0.29) is 17.9 Å². The van der Waals surface area contributed by atoms with E-state index >= 15 is 0 Å². The van der Waals surface area contributed by atoms with Gasteiger partial charge in [0.15, 0.2) is 0 Å². The van der Waals surface area contributed by atoms with Gasteiger partial charge in [-0.3, -0.25) is 9.59 Å². The molecule has 130 valence electrons. The highest BCUT2D eigenvalue weighted by Gasteiger charge is 2.40. The lowest BCUT2D eigenvalue weighted by Crippen LogP contribution is -2.44. The van der Waals surface area contributed by atoms with Crippen molar-refractivity contribution in [1.29, 1.82) is 0 Å². The van der Waals surface area contributed by atoms with Gasteiger partial charge < -0.3 is 15.0 Å². The maximum absolute atomic E-state index is 13.1. The number of nitrogens with one attached hydrogen (secondary N) is 1. The molecule has 0 aliphatic carbocycles. The first kappa shape index (κ1) is 17.0. The van der Waals surface area contributed by atoms with Gasteiger partial charge in [-0.1, -0.05) is 18.2 Å². The predicted molar refractivity (Wildman–Crippen MR) is 90.8 cm³/mol. The number of hydrogen-bond donors (Lipinski definition) is 1. The molecule has 3 rings (SSSR count). The van der Waals surface area contributed by atoms with Crippen molar-refractivity contribution >= 4 is 11.8 Å². The molecule has 0 unspecified atom stereocenters. The van der Waals surface area contributed by atoms with E-state index in [1.165, 1.54) is 36.2 Å². The topological polar surface area (TPSA) is 58.6 Å². The van der Waals surface area contributed by atoms with Crippen LogP contribution in [0.15, 0.2) is 54.6 Å². The molecule has 0 aromatic heterocycles. The summed E-state index contributed by atoms with van der Waals surface area (Å²) in [7, 11) is 1.54. The smallest absolute Gasteiger partial charge is 0.254 e. The van der Waals surface area contributed by atoms with Crippen LogP contribution in [0.5, 0.6) is 5.75 Å². The summed E-state index contributed by atoms with van der Waals surface area (Å²) in [4.78, 5) is 26.4. The van der Waals surface area contributed by atoms with Crippen molar-refractivity contribution in [1.82, 2.24) is 10.2 Å². The zero-order valence-corrected chi connectivity index (χ0v) is 13.8. The number of amides is 2. The molecule has 2 amide bonds. The number of carbonyl (C=O) groups excluding carboxylic acids is 2. The van der Waals surface area contributed by atoms with Crippen molar-refractivity contribution in [2.45, 2.75) is 18.6 Å². The van der Waals surface area contributed by atoms with Crippen LogP contribution in [0.1, 0.15) is 16.8 Å². The summed E-state index contributed by atoms with van der Waals surface area (Å²) in [6.45, 7) is 0.295. The molecule has 1 aliphatic rings. The average molecular weight is 342 g/mol. The molecule has 2 aromatic carbocycles. The lowest BCUT2D eigenvalue weighted by Gasteiger charge is -2.23. The molecule has 1 saturated heterocycles. The van der Waals surface area contributed by atoms with Gasteiger partial charge in [-0.2, -0.15) is 0 Å². The number of carbonyl (C=O) groups is 2. The van der Waals surface area contributed by atoms with Gasteiger partial charge in [-0.25, -0.2) is 4.39 Å². The molecule has 1 N–H and O–H groups in total. The molecule has 0 spiro atoms. The Morgan fingerprint density at radius 3 is 2.44 bits per heavy atom. The Bertz CT molecular complexity index is 749. The third kappa shape index (κ3) is 3.79. The minimum Gasteiger partial charge on any atom is -0.488 e. The van der Waals surface area contributed by atoms with E-state index in [0.29, 0.717) is 24.3 Å². The van der Waals surface area contributed by atoms with Crippen molar-refractivity contribution in [3.8, 4) is 5.75 Å². The monoisotopic (exact) mass is 342 g/mol. The summed E-state index contributed by atoms with van der Waals surface area (Å²) in [5.41, 5.74) is 0.343. The second-order valence-electron chi connectivity index (χ2n) is 5.88. The Labute approximate surface area is 145 Å². The second-order valence-corrected chi connectivity index (χ2v) is 5.88. The molecule has 1 heterocycles. The molecular weight excluding hydrogens is 323 g/mol. The predicted octanol–water partition coefficient (Wildman–Crippen LogP) is 2.23. The van der Waals surface area contributed by atoms with Gasteiger partial charge in [-0.15, -0.1) is 0 Å². The van der Waals surface area contributed by atoms with Gasteiger partial charge in [0.2, 0.25) is 5.91 Å². The summed E-state index contributed by atoms with van der Waals surface area (Å²) in [5.74, 6) is -0.271. The molecule has 6 heteroatoms. The molecule has 25 heavy (non-hydrogen) atoms. The molecule has 0 bridgehead atoms. The molecule has 0 radical (unpaired) electrons. The molecule has 0 saturated carbocycles. The van der Waals surface area contributed by atoms with E-state index in [0.717, 1.165) is 0 Å². The molecular formula is C19H19FN2O3. The van der Waals surface area contributed by atoms with E-state index < -0.39 is 11.9 Å². The highest BCUT2D eigenvalue weighted by Crippen LogP contribution is 2.25. The summed E-state index contributed by atoms with van der Waals surface area (Å²) in [5, 5.41) is 2.59. The van der Waals surface area contributed by atoms with Gasteiger partial charge in [0.05, 0.1) is 6.54 Å². The fourth-order valence-corrected chi connectivity index (χ4v) is 2.97. The van der Waals surface area contributed by atoms with Crippen molar-refractivity contribution in [2.75, 3.05) is 13.6 Å². The Hall–Kier alpha value is -2.89. The quantitative estimate of drug-likeness (QED) is 0.927. The SMILES string of the molecule is CNC(=O)[C@H]1C[C@H](Oc2ccccc2)CN1C(=O)c1ccc(F)cc1. The number of para-hydroxylation sites is 1. The van der Waals surface area contributed by atoms with Crippen molar-refractivity contribution in [3.63, 3.8) is 0 Å². The maximum Gasteiger partial charge on any atom is 0.254 e. The molecule has 2 atom stereocenters. The minimum atomic E-state index is -0.615. The normalized spacial score (nSPS) is 19.5. The van der Waals surface area contributed by atoms with Crippen molar-refractivity contribution < 1.29 is 18.7 Å². The third-order valence-corrected chi connectivity index (χ3v) is 4.21. The van der Waals surface area contributed by atoms with Crippen LogP contribution in [0, 0.1) is 5.82 Å². The van der Waals surface area contributed by atoms with E-state index in [4.69, 9.17) is 4.74 Å². The number of likely N-dealkylation sites (N-methyl/N-ethyl adjacent to an activating group) is 1. The Morgan fingerprint density at radius 1 is 1.12 bits per heavy atom. The van der Waals surface area contributed by atoms with Crippen LogP contribution in [0.25, 0.3) is 0 Å². The van der Waals surface area contributed by atoms with Crippen molar-refractivity contribution in [3.05, 3.63) is 66.0 Å². The minimum absolute atomic E-state index is 0.241. The van der Waals surface area contributed by atoms with Gasteiger partial charge in [-0.05, 0) is 36.4 Å². The number of halogens is 1. The largest absolute Gasteiger partial charge is 0.488 e. The standard InChI is InChI=1S/C19H19FN2O3/c1-21-18(23)17-11-16(25-15-5-3-2-4-6-15)12-22(17)19(24)13-7-9-14(20)10-8-13/h2-10,16-17H,11-12H2,1H3,(H,21,23)/t16-,17+/m0/s1. The maximum atomic E-state index is 13.1. The Morgan fingerprint density at radius 2 is 1.80 bits per heavy atom. The van der Waals surface area contributed by atoms with Crippen LogP contribution in [0.2, 0.25) is 0 Å². The van der Waals surface area contributed by atoms with Crippen LogP contribution in [0.3, 0.4) is 0 Å². The summed E-state index contributed by atoms with van der Waals surface area (Å²) < 4.78 is 19.0. The fraction of sp³-hybridized carbons (Fsp3) is 0.263. The zero-order chi connectivity index (χ0) is 17.8. The van der Waals surface area contributed by atoms with Crippen molar-refractivity contribution in [2.24, 2.45) is 0 Å². The van der Waals surface area contributed by atoms with E-state index in [9.17, 15) is 14.0 Å². The lowest BCUT2D eigenvalue weighted by molar-refractivity contribution is -0.124. The van der Waals surface area contributed by atoms with Gasteiger partial charge >= 0.3 is 0 Å². The number of rotatable bonds is 4. The summed E-state index contributed by atoms with van der Waals surface area (Å²) >= 11 is 0.